The summed E-state index contributed by atoms with van der Waals surface area (Å²) in [5.41, 5.74) is 1.28. The first kappa shape index (κ1) is 14.4. The van der Waals surface area contributed by atoms with E-state index in [1.807, 2.05) is 0 Å². The zero-order chi connectivity index (χ0) is 15.0. The van der Waals surface area contributed by atoms with Gasteiger partial charge in [-0.3, -0.25) is 0 Å². The number of fused-ring (bicyclic) bond motifs is 1. The summed E-state index contributed by atoms with van der Waals surface area (Å²) >= 11 is 0. The minimum atomic E-state index is 1.02. The lowest BCUT2D eigenvalue weighted by Crippen LogP contribution is -2.58. The molecule has 3 aliphatic rings. The van der Waals surface area contributed by atoms with Crippen LogP contribution in [0.3, 0.4) is 0 Å². The highest BCUT2D eigenvalue weighted by atomic mass is 16.5. The average molecular weight is 301 g/mol. The molecule has 22 heavy (non-hydrogen) atoms. The predicted octanol–water partition coefficient (Wildman–Crippen LogP) is 3.15. The molecular weight excluding hydrogens is 272 g/mol. The van der Waals surface area contributed by atoms with E-state index < -0.39 is 0 Å². The van der Waals surface area contributed by atoms with Crippen LogP contribution in [0, 0.1) is 11.8 Å². The van der Waals surface area contributed by atoms with Gasteiger partial charge in [0.05, 0.1) is 52.1 Å². The van der Waals surface area contributed by atoms with E-state index in [0.717, 1.165) is 17.6 Å². The molecule has 1 aromatic carbocycles. The summed E-state index contributed by atoms with van der Waals surface area (Å²) in [6.07, 6.45) is 5.96. The Morgan fingerprint density at radius 1 is 1.00 bits per heavy atom. The standard InChI is InChI=1S/C19H29N2O/c1-22-19-9-5-4-8-18(19)20-10-12-21(13-11-20)14-16-6-2-3-7-17(16)15-21/h4-5,8-9,16-17H,2-3,6-7,10-15H2,1H3/q+1. The molecule has 4 rings (SSSR count). The van der Waals surface area contributed by atoms with Crippen molar-refractivity contribution >= 4 is 5.69 Å². The molecule has 1 saturated carbocycles. The van der Waals surface area contributed by atoms with Crippen molar-refractivity contribution < 1.29 is 9.22 Å². The molecule has 2 heterocycles. The summed E-state index contributed by atoms with van der Waals surface area (Å²) in [5, 5.41) is 0. The number of benzene rings is 1. The van der Waals surface area contributed by atoms with Gasteiger partial charge in [-0.25, -0.2) is 0 Å². The number of rotatable bonds is 2. The van der Waals surface area contributed by atoms with Gasteiger partial charge in [-0.05, 0) is 25.0 Å². The van der Waals surface area contributed by atoms with Crippen molar-refractivity contribution in [3.63, 3.8) is 0 Å². The smallest absolute Gasteiger partial charge is 0.142 e. The first-order valence-electron chi connectivity index (χ1n) is 9.03. The van der Waals surface area contributed by atoms with E-state index in [4.69, 9.17) is 4.74 Å². The Bertz CT molecular complexity index is 506. The molecule has 0 aromatic heterocycles. The fourth-order valence-corrected chi connectivity index (χ4v) is 5.22. The molecule has 120 valence electrons. The highest BCUT2D eigenvalue weighted by Crippen LogP contribution is 2.41. The zero-order valence-electron chi connectivity index (χ0n) is 13.8. The molecule has 0 radical (unpaired) electrons. The van der Waals surface area contributed by atoms with Crippen molar-refractivity contribution in [3.05, 3.63) is 24.3 Å². The topological polar surface area (TPSA) is 12.5 Å². The third-order valence-corrected chi connectivity index (χ3v) is 6.42. The molecule has 1 aliphatic carbocycles. The van der Waals surface area contributed by atoms with E-state index in [1.165, 1.54) is 75.1 Å². The minimum absolute atomic E-state index is 1.02. The monoisotopic (exact) mass is 301 g/mol. The van der Waals surface area contributed by atoms with Gasteiger partial charge in [-0.2, -0.15) is 0 Å². The predicted molar refractivity (Wildman–Crippen MR) is 90.4 cm³/mol. The SMILES string of the molecule is COc1ccccc1N1CC[N+]2(CC1)CC1CCCCC1C2. The number of quaternary nitrogens is 1. The van der Waals surface area contributed by atoms with Gasteiger partial charge < -0.3 is 14.1 Å². The molecule has 3 heteroatoms. The number of ether oxygens (including phenoxy) is 1. The molecule has 0 bridgehead atoms. The van der Waals surface area contributed by atoms with Crippen molar-refractivity contribution in [3.8, 4) is 5.75 Å². The van der Waals surface area contributed by atoms with E-state index in [2.05, 4.69) is 29.2 Å². The van der Waals surface area contributed by atoms with E-state index in [-0.39, 0.29) is 0 Å². The molecule has 1 aromatic rings. The molecule has 0 amide bonds. The molecule has 2 saturated heterocycles. The second-order valence-electron chi connectivity index (χ2n) is 7.62. The van der Waals surface area contributed by atoms with Crippen LogP contribution in [0.15, 0.2) is 24.3 Å². The van der Waals surface area contributed by atoms with E-state index in [0.29, 0.717) is 0 Å². The molecule has 3 fully saturated rings. The van der Waals surface area contributed by atoms with Crippen LogP contribution in [0.1, 0.15) is 25.7 Å². The van der Waals surface area contributed by atoms with Gasteiger partial charge in [0.2, 0.25) is 0 Å². The third kappa shape index (κ3) is 2.50. The van der Waals surface area contributed by atoms with Crippen LogP contribution in [0.2, 0.25) is 0 Å². The van der Waals surface area contributed by atoms with Crippen molar-refractivity contribution in [2.45, 2.75) is 25.7 Å². The maximum Gasteiger partial charge on any atom is 0.142 e. The van der Waals surface area contributed by atoms with Gasteiger partial charge >= 0.3 is 0 Å². The number of piperazine rings is 1. The molecule has 1 spiro atoms. The lowest BCUT2D eigenvalue weighted by atomic mass is 9.82. The Balaban J connectivity index is 1.44. The molecule has 2 atom stereocenters. The molecule has 2 unspecified atom stereocenters. The van der Waals surface area contributed by atoms with Gasteiger partial charge in [0.15, 0.2) is 0 Å². The Morgan fingerprint density at radius 2 is 1.64 bits per heavy atom. The highest BCUT2D eigenvalue weighted by molar-refractivity contribution is 5.58. The first-order valence-corrected chi connectivity index (χ1v) is 9.03. The van der Waals surface area contributed by atoms with Crippen molar-refractivity contribution in [2.24, 2.45) is 11.8 Å². The van der Waals surface area contributed by atoms with Crippen LogP contribution < -0.4 is 9.64 Å². The average Bonchev–Trinajstić information content (AvgIpc) is 2.93. The summed E-state index contributed by atoms with van der Waals surface area (Å²) < 4.78 is 6.95. The number of nitrogens with zero attached hydrogens (tertiary/aromatic N) is 2. The summed E-state index contributed by atoms with van der Waals surface area (Å²) in [5.74, 6) is 3.09. The summed E-state index contributed by atoms with van der Waals surface area (Å²) in [7, 11) is 1.78. The summed E-state index contributed by atoms with van der Waals surface area (Å²) in [4.78, 5) is 2.53. The first-order chi connectivity index (χ1) is 10.8. The largest absolute Gasteiger partial charge is 0.495 e. The minimum Gasteiger partial charge on any atom is -0.495 e. The van der Waals surface area contributed by atoms with Gasteiger partial charge in [0.25, 0.3) is 0 Å². The molecule has 0 N–H and O–H groups in total. The van der Waals surface area contributed by atoms with E-state index >= 15 is 0 Å². The Hall–Kier alpha value is -1.22. The van der Waals surface area contributed by atoms with Crippen LogP contribution in [-0.2, 0) is 0 Å². The number of methoxy groups -OCH3 is 1. The lowest BCUT2D eigenvalue weighted by molar-refractivity contribution is -0.919. The summed E-state index contributed by atoms with van der Waals surface area (Å²) in [6, 6.07) is 8.48. The van der Waals surface area contributed by atoms with Crippen molar-refractivity contribution in [2.75, 3.05) is 51.3 Å². The van der Waals surface area contributed by atoms with Crippen molar-refractivity contribution in [1.29, 1.82) is 0 Å². The number of hydrogen-bond donors (Lipinski definition) is 0. The zero-order valence-corrected chi connectivity index (χ0v) is 13.8. The second kappa shape index (κ2) is 5.77. The van der Waals surface area contributed by atoms with Gasteiger partial charge in [0.1, 0.15) is 5.75 Å². The quantitative estimate of drug-likeness (QED) is 0.778. The number of anilines is 1. The van der Waals surface area contributed by atoms with E-state index in [9.17, 15) is 0 Å². The third-order valence-electron chi connectivity index (χ3n) is 6.42. The molecule has 3 nitrogen and oxygen atoms in total. The van der Waals surface area contributed by atoms with Gasteiger partial charge in [-0.15, -0.1) is 0 Å². The van der Waals surface area contributed by atoms with Crippen LogP contribution in [-0.4, -0.2) is 50.9 Å². The highest BCUT2D eigenvalue weighted by Gasteiger charge is 2.47. The Kier molecular flexibility index (Phi) is 3.77. The van der Waals surface area contributed by atoms with Crippen LogP contribution >= 0.6 is 0 Å². The van der Waals surface area contributed by atoms with Crippen molar-refractivity contribution in [1.82, 2.24) is 0 Å². The number of para-hydroxylation sites is 2. The summed E-state index contributed by atoms with van der Waals surface area (Å²) in [6.45, 7) is 7.94. The molecule has 2 aliphatic heterocycles. The maximum atomic E-state index is 5.55. The lowest BCUT2D eigenvalue weighted by Gasteiger charge is -2.43. The maximum absolute atomic E-state index is 5.55. The van der Waals surface area contributed by atoms with Crippen LogP contribution in [0.25, 0.3) is 0 Å². The Morgan fingerprint density at radius 3 is 2.27 bits per heavy atom. The normalized spacial score (nSPS) is 30.3. The van der Waals surface area contributed by atoms with Gasteiger partial charge in [0, 0.05) is 11.8 Å². The Labute approximate surface area is 134 Å². The number of hydrogen-bond acceptors (Lipinski definition) is 2. The molecular formula is C19H29N2O+. The van der Waals surface area contributed by atoms with Crippen LogP contribution in [0.4, 0.5) is 5.69 Å². The van der Waals surface area contributed by atoms with Gasteiger partial charge in [-0.1, -0.05) is 25.0 Å². The fraction of sp³-hybridized carbons (Fsp3) is 0.684. The van der Waals surface area contributed by atoms with E-state index in [1.54, 1.807) is 7.11 Å². The van der Waals surface area contributed by atoms with Crippen LogP contribution in [0.5, 0.6) is 5.75 Å². The fourth-order valence-electron chi connectivity index (χ4n) is 5.22. The second-order valence-corrected chi connectivity index (χ2v) is 7.62.